The molecule has 1 N–H and O–H groups in total. The summed E-state index contributed by atoms with van der Waals surface area (Å²) in [4.78, 5) is 25.4. The minimum absolute atomic E-state index is 0.211. The fourth-order valence-corrected chi connectivity index (χ4v) is 4.84. The second-order valence-corrected chi connectivity index (χ2v) is 7.84. The Balaban J connectivity index is 1.80. The van der Waals surface area contributed by atoms with E-state index >= 15 is 0 Å². The van der Waals surface area contributed by atoms with Crippen LogP contribution in [0.2, 0.25) is 0 Å². The van der Waals surface area contributed by atoms with Crippen LogP contribution in [0.25, 0.3) is 31.4 Å². The van der Waals surface area contributed by atoms with E-state index in [-0.39, 0.29) is 11.3 Å². The molecule has 0 amide bonds. The minimum Gasteiger partial charge on any atom is -0.421 e. The maximum absolute atomic E-state index is 12.9. The van der Waals surface area contributed by atoms with Gasteiger partial charge in [0.15, 0.2) is 0 Å². The molecule has 5 nitrogen and oxygen atoms in total. The lowest BCUT2D eigenvalue weighted by atomic mass is 9.99. The average Bonchev–Trinajstić information content (AvgIpc) is 3.16. The van der Waals surface area contributed by atoms with Crippen molar-refractivity contribution in [1.82, 2.24) is 9.30 Å². The normalized spacial score (nSPS) is 11.3. The van der Waals surface area contributed by atoms with Crippen molar-refractivity contribution in [3.05, 3.63) is 105 Å². The number of fused-ring (bicyclic) bond motifs is 3. The minimum atomic E-state index is -0.742. The van der Waals surface area contributed by atoms with E-state index in [9.17, 15) is 14.8 Å². The van der Waals surface area contributed by atoms with Crippen LogP contribution in [0.4, 0.5) is 0 Å². The van der Waals surface area contributed by atoms with Crippen molar-refractivity contribution in [3.8, 4) is 11.1 Å². The zero-order valence-electron chi connectivity index (χ0n) is 15.3. The van der Waals surface area contributed by atoms with Gasteiger partial charge in [-0.2, -0.15) is 0 Å². The van der Waals surface area contributed by atoms with Gasteiger partial charge in [0.1, 0.15) is 4.70 Å². The van der Waals surface area contributed by atoms with E-state index in [4.69, 9.17) is 0 Å². The molecule has 0 bridgehead atoms. The number of thiophene rings is 1. The molecule has 0 aliphatic heterocycles. The van der Waals surface area contributed by atoms with Crippen molar-refractivity contribution in [2.45, 2.75) is 6.54 Å². The highest BCUT2D eigenvalue weighted by atomic mass is 32.1. The van der Waals surface area contributed by atoms with E-state index in [0.29, 0.717) is 10.2 Å². The molecular formula is C23H16N2O3S. The number of nitrogens with zero attached hydrogens (tertiary/aromatic N) is 2. The molecule has 29 heavy (non-hydrogen) atoms. The Labute approximate surface area is 169 Å². The zero-order chi connectivity index (χ0) is 20.0. The Kier molecular flexibility index (Phi) is 4.07. The number of hydrogen-bond donors (Lipinski definition) is 1. The third kappa shape index (κ3) is 2.77. The lowest BCUT2D eigenvalue weighted by Crippen LogP contribution is -2.38. The highest BCUT2D eigenvalue weighted by molar-refractivity contribution is 7.25. The van der Waals surface area contributed by atoms with Crippen LogP contribution in [0.5, 0.6) is 0 Å². The number of rotatable bonds is 3. The molecule has 0 unspecified atom stereocenters. The second-order valence-electron chi connectivity index (χ2n) is 6.78. The van der Waals surface area contributed by atoms with Crippen LogP contribution in [0.15, 0.2) is 88.5 Å². The van der Waals surface area contributed by atoms with Gasteiger partial charge in [0.25, 0.3) is 0 Å². The fourth-order valence-electron chi connectivity index (χ4n) is 3.71. The first-order valence-electron chi connectivity index (χ1n) is 9.15. The molecule has 0 spiro atoms. The molecular weight excluding hydrogens is 384 g/mol. The van der Waals surface area contributed by atoms with Crippen molar-refractivity contribution in [2.75, 3.05) is 0 Å². The third-order valence-corrected chi connectivity index (χ3v) is 6.22. The molecule has 2 heterocycles. The van der Waals surface area contributed by atoms with Gasteiger partial charge in [-0.1, -0.05) is 77.5 Å². The summed E-state index contributed by atoms with van der Waals surface area (Å²) in [6.45, 7) is 0.238. The average molecular weight is 400 g/mol. The Hall–Kier alpha value is -3.64. The van der Waals surface area contributed by atoms with E-state index in [1.165, 1.54) is 15.9 Å². The van der Waals surface area contributed by atoms with E-state index in [1.807, 2.05) is 78.9 Å². The first kappa shape index (κ1) is 17.5. The van der Waals surface area contributed by atoms with Gasteiger partial charge in [-0.25, -0.2) is 4.79 Å². The number of aromatic nitrogens is 2. The van der Waals surface area contributed by atoms with Crippen molar-refractivity contribution in [3.63, 3.8) is 0 Å². The lowest BCUT2D eigenvalue weighted by molar-refractivity contribution is 0.158. The maximum Gasteiger partial charge on any atom is 0.365 e. The lowest BCUT2D eigenvalue weighted by Gasteiger charge is -2.13. The smallest absolute Gasteiger partial charge is 0.365 e. The van der Waals surface area contributed by atoms with Crippen LogP contribution in [0.3, 0.4) is 0 Å². The summed E-state index contributed by atoms with van der Waals surface area (Å²) in [7, 11) is 0. The second kappa shape index (κ2) is 6.76. The highest BCUT2D eigenvalue weighted by Gasteiger charge is 2.18. The van der Waals surface area contributed by atoms with Crippen LogP contribution in [0, 0.1) is 0 Å². The van der Waals surface area contributed by atoms with Gasteiger partial charge in [0, 0.05) is 10.1 Å². The molecule has 2 aromatic heterocycles. The first-order chi connectivity index (χ1) is 14.1. The van der Waals surface area contributed by atoms with Gasteiger partial charge in [0.2, 0.25) is 0 Å². The van der Waals surface area contributed by atoms with E-state index < -0.39 is 11.2 Å². The summed E-state index contributed by atoms with van der Waals surface area (Å²) >= 11 is 1.28. The van der Waals surface area contributed by atoms with Crippen molar-refractivity contribution in [1.29, 1.82) is 0 Å². The van der Waals surface area contributed by atoms with E-state index in [0.717, 1.165) is 26.8 Å². The predicted molar refractivity (Wildman–Crippen MR) is 116 cm³/mol. The summed E-state index contributed by atoms with van der Waals surface area (Å²) in [5.41, 5.74) is 2.11. The van der Waals surface area contributed by atoms with Crippen molar-refractivity contribution < 1.29 is 5.21 Å². The highest BCUT2D eigenvalue weighted by Crippen LogP contribution is 2.32. The Morgan fingerprint density at radius 2 is 1.52 bits per heavy atom. The molecule has 0 atom stereocenters. The molecule has 5 aromatic rings. The first-order valence-corrected chi connectivity index (χ1v) is 9.96. The fraction of sp³-hybridized carbons (Fsp3) is 0.0435. The van der Waals surface area contributed by atoms with Gasteiger partial charge in [-0.15, -0.1) is 11.3 Å². The van der Waals surface area contributed by atoms with Crippen molar-refractivity contribution >= 4 is 31.6 Å². The molecule has 0 fully saturated rings. The molecule has 3 aromatic carbocycles. The van der Waals surface area contributed by atoms with E-state index in [1.54, 1.807) is 0 Å². The van der Waals surface area contributed by atoms with E-state index in [2.05, 4.69) is 0 Å². The molecule has 6 heteroatoms. The molecule has 0 saturated heterocycles. The summed E-state index contributed by atoms with van der Waals surface area (Å²) in [6.07, 6.45) is 0. The topological polar surface area (TPSA) is 64.2 Å². The maximum atomic E-state index is 12.9. The quantitative estimate of drug-likeness (QED) is 0.459. The monoisotopic (exact) mass is 400 g/mol. The summed E-state index contributed by atoms with van der Waals surface area (Å²) in [5, 5.41) is 11.0. The van der Waals surface area contributed by atoms with Crippen LogP contribution in [-0.4, -0.2) is 14.5 Å². The zero-order valence-corrected chi connectivity index (χ0v) is 16.1. The molecule has 0 aliphatic rings. The Morgan fingerprint density at radius 1 is 0.828 bits per heavy atom. The Bertz CT molecular complexity index is 1480. The van der Waals surface area contributed by atoms with Crippen LogP contribution >= 0.6 is 11.3 Å². The molecule has 0 aliphatic carbocycles. The summed E-state index contributed by atoms with van der Waals surface area (Å²) < 4.78 is 2.96. The largest absolute Gasteiger partial charge is 0.421 e. The molecule has 0 saturated carbocycles. The Morgan fingerprint density at radius 3 is 2.34 bits per heavy atom. The summed E-state index contributed by atoms with van der Waals surface area (Å²) in [5.74, 6) is 0. The standard InChI is InChI=1S/C23H16N2O3S/c26-22-21-20(18-12-6-7-13-19(18)29-21)24(23(27)25(22)28)14-16-10-4-5-11-17(16)15-8-2-1-3-9-15/h1-13,28H,14H2. The summed E-state index contributed by atoms with van der Waals surface area (Å²) in [6, 6.07) is 25.4. The number of benzene rings is 3. The SMILES string of the molecule is O=c1c2sc3ccccc3c2n(Cc2ccccc2-c2ccccc2)c(=O)n1O. The third-order valence-electron chi connectivity index (χ3n) is 5.07. The van der Waals surface area contributed by atoms with Gasteiger partial charge in [-0.3, -0.25) is 9.36 Å². The molecule has 0 radical (unpaired) electrons. The molecule has 5 rings (SSSR count). The van der Waals surface area contributed by atoms with Gasteiger partial charge in [0.05, 0.1) is 12.1 Å². The van der Waals surface area contributed by atoms with Crippen molar-refractivity contribution in [2.24, 2.45) is 0 Å². The molecule has 142 valence electrons. The van der Waals surface area contributed by atoms with Gasteiger partial charge < -0.3 is 5.21 Å². The predicted octanol–water partition coefficient (Wildman–Crippen LogP) is 4.33. The van der Waals surface area contributed by atoms with Crippen LogP contribution in [0.1, 0.15) is 5.56 Å². The van der Waals surface area contributed by atoms with Crippen LogP contribution in [-0.2, 0) is 6.54 Å². The van der Waals surface area contributed by atoms with Gasteiger partial charge in [-0.05, 0) is 22.8 Å². The van der Waals surface area contributed by atoms with Crippen LogP contribution < -0.4 is 11.2 Å². The van der Waals surface area contributed by atoms with Gasteiger partial charge >= 0.3 is 11.2 Å². The number of hydrogen-bond acceptors (Lipinski definition) is 4.